The summed E-state index contributed by atoms with van der Waals surface area (Å²) in [5, 5.41) is 2.21. The van der Waals surface area contributed by atoms with Crippen LogP contribution in [0.4, 0.5) is 0 Å². The van der Waals surface area contributed by atoms with E-state index in [-0.39, 0.29) is 0 Å². The van der Waals surface area contributed by atoms with E-state index >= 15 is 0 Å². The number of allylic oxidation sites excluding steroid dienone is 5. The maximum absolute atomic E-state index is 2.25. The number of hydrogen-bond acceptors (Lipinski definition) is 1. The summed E-state index contributed by atoms with van der Waals surface area (Å²) < 4.78 is 0.349. The van der Waals surface area contributed by atoms with Crippen molar-refractivity contribution in [3.05, 3.63) is 35.8 Å². The van der Waals surface area contributed by atoms with Crippen molar-refractivity contribution in [1.29, 1.82) is 0 Å². The van der Waals surface area contributed by atoms with Crippen LogP contribution < -0.4 is 0 Å². The molecule has 0 aliphatic rings. The Morgan fingerprint density at radius 1 is 0.765 bits per heavy atom. The van der Waals surface area contributed by atoms with Gasteiger partial charge in [-0.15, -0.1) is 11.8 Å². The van der Waals surface area contributed by atoms with Crippen LogP contribution in [0.2, 0.25) is 0 Å². The predicted octanol–water partition coefficient (Wildman–Crippen LogP) is 6.22. The smallest absolute Gasteiger partial charge is 0.0116 e. The van der Waals surface area contributed by atoms with E-state index in [2.05, 4.69) is 53.0 Å². The lowest BCUT2D eigenvalue weighted by Gasteiger charge is -2.16. The normalized spacial score (nSPS) is 13.4. The summed E-state index contributed by atoms with van der Waals surface area (Å²) in [6, 6.07) is 0. The van der Waals surface area contributed by atoms with Crippen LogP contribution in [0.15, 0.2) is 35.8 Å². The van der Waals surface area contributed by atoms with E-state index in [1.165, 1.54) is 0 Å². The van der Waals surface area contributed by atoms with Crippen LogP contribution in [0.1, 0.15) is 55.4 Å². The summed E-state index contributed by atoms with van der Waals surface area (Å²) in [4.78, 5) is 0. The van der Waals surface area contributed by atoms with Gasteiger partial charge in [-0.25, -0.2) is 0 Å². The molecule has 0 aromatic heterocycles. The summed E-state index contributed by atoms with van der Waals surface area (Å²) in [5.41, 5.74) is 0.318. The first kappa shape index (κ1) is 18.9. The van der Waals surface area contributed by atoms with Crippen molar-refractivity contribution in [2.75, 3.05) is 0 Å². The first-order chi connectivity index (χ1) is 7.62. The Morgan fingerprint density at radius 2 is 1.18 bits per heavy atom. The van der Waals surface area contributed by atoms with Gasteiger partial charge in [-0.2, -0.15) is 0 Å². The molecule has 0 unspecified atom stereocenters. The van der Waals surface area contributed by atoms with Gasteiger partial charge in [-0.05, 0) is 24.7 Å². The van der Waals surface area contributed by atoms with Gasteiger partial charge in [0.15, 0.2) is 0 Å². The highest BCUT2D eigenvalue weighted by Crippen LogP contribution is 2.26. The third kappa shape index (κ3) is 25.7. The fourth-order valence-electron chi connectivity index (χ4n) is 0.664. The van der Waals surface area contributed by atoms with E-state index in [1.807, 2.05) is 49.9 Å². The van der Waals surface area contributed by atoms with E-state index in [4.69, 9.17) is 0 Å². The van der Waals surface area contributed by atoms with Crippen LogP contribution >= 0.6 is 11.8 Å². The molecule has 0 aromatic carbocycles. The second-order valence-corrected chi connectivity index (χ2v) is 7.68. The van der Waals surface area contributed by atoms with Gasteiger partial charge >= 0.3 is 0 Å². The van der Waals surface area contributed by atoms with Crippen molar-refractivity contribution in [2.24, 2.45) is 5.41 Å². The third-order valence-electron chi connectivity index (χ3n) is 1.49. The summed E-state index contributed by atoms with van der Waals surface area (Å²) in [6.07, 6.45) is 10.3. The molecule has 0 heterocycles. The summed E-state index contributed by atoms with van der Waals surface area (Å²) in [6.45, 7) is 17.3. The maximum atomic E-state index is 2.25. The van der Waals surface area contributed by atoms with Crippen LogP contribution in [-0.2, 0) is 0 Å². The Balaban J connectivity index is 0. The van der Waals surface area contributed by atoms with Crippen LogP contribution in [0.5, 0.6) is 0 Å². The molecule has 0 aliphatic heterocycles. The minimum atomic E-state index is 0.318. The minimum absolute atomic E-state index is 0.318. The first-order valence-corrected chi connectivity index (χ1v) is 7.10. The molecular formula is C16H30S. The zero-order chi connectivity index (χ0) is 13.9. The zero-order valence-electron chi connectivity index (χ0n) is 12.9. The van der Waals surface area contributed by atoms with Crippen molar-refractivity contribution in [2.45, 2.75) is 60.1 Å². The third-order valence-corrected chi connectivity index (χ3v) is 2.46. The summed E-state index contributed by atoms with van der Waals surface area (Å²) >= 11 is 1.88. The van der Waals surface area contributed by atoms with Gasteiger partial charge in [-0.3, -0.25) is 0 Å². The molecule has 0 spiro atoms. The van der Waals surface area contributed by atoms with Gasteiger partial charge in [0.05, 0.1) is 0 Å². The van der Waals surface area contributed by atoms with Crippen LogP contribution in [-0.4, -0.2) is 4.75 Å². The molecule has 100 valence electrons. The molecule has 0 atom stereocenters. The molecule has 1 heteroatoms. The molecule has 0 saturated carbocycles. The number of thioether (sulfide) groups is 1. The Labute approximate surface area is 113 Å². The Kier molecular flexibility index (Phi) is 10.7. The van der Waals surface area contributed by atoms with E-state index < -0.39 is 0 Å². The average molecular weight is 254 g/mol. The predicted molar refractivity (Wildman–Crippen MR) is 85.6 cm³/mol. The molecule has 0 N–H and O–H groups in total. The molecule has 0 nitrogen and oxygen atoms in total. The van der Waals surface area contributed by atoms with Gasteiger partial charge in [-0.1, -0.05) is 71.9 Å². The molecule has 0 aliphatic carbocycles. The summed E-state index contributed by atoms with van der Waals surface area (Å²) in [7, 11) is 0. The van der Waals surface area contributed by atoms with Crippen molar-refractivity contribution >= 4 is 11.8 Å². The van der Waals surface area contributed by atoms with Gasteiger partial charge < -0.3 is 0 Å². The lowest BCUT2D eigenvalue weighted by molar-refractivity contribution is 0.545. The molecule has 0 bridgehead atoms. The lowest BCUT2D eigenvalue weighted by atomic mass is 9.98. The highest BCUT2D eigenvalue weighted by atomic mass is 32.2. The number of rotatable bonds is 2. The molecule has 0 rings (SSSR count). The molecule has 17 heavy (non-hydrogen) atoms. The highest BCUT2D eigenvalue weighted by Gasteiger charge is 2.09. The SMILES string of the molecule is C/C=C\C=C/C.CC(C)(C)/C=C\SC(C)(C)C. The van der Waals surface area contributed by atoms with Crippen LogP contribution in [0.25, 0.3) is 0 Å². The quantitative estimate of drug-likeness (QED) is 0.527. The highest BCUT2D eigenvalue weighted by molar-refractivity contribution is 8.03. The summed E-state index contributed by atoms with van der Waals surface area (Å²) in [5.74, 6) is 0. The van der Waals surface area contributed by atoms with Gasteiger partial charge in [0.25, 0.3) is 0 Å². The van der Waals surface area contributed by atoms with E-state index in [9.17, 15) is 0 Å². The Morgan fingerprint density at radius 3 is 1.41 bits per heavy atom. The molecule has 0 saturated heterocycles. The van der Waals surface area contributed by atoms with Gasteiger partial charge in [0.2, 0.25) is 0 Å². The van der Waals surface area contributed by atoms with Crippen LogP contribution in [0, 0.1) is 5.41 Å². The molecule has 0 aromatic rings. The van der Waals surface area contributed by atoms with Crippen molar-refractivity contribution in [1.82, 2.24) is 0 Å². The van der Waals surface area contributed by atoms with E-state index in [0.29, 0.717) is 10.2 Å². The molecule has 0 amide bonds. The first-order valence-electron chi connectivity index (χ1n) is 6.22. The maximum Gasteiger partial charge on any atom is 0.0116 e. The van der Waals surface area contributed by atoms with E-state index in [1.54, 1.807) is 0 Å². The molecule has 0 radical (unpaired) electrons. The largest absolute Gasteiger partial charge is 0.128 e. The molecule has 0 fully saturated rings. The molecular weight excluding hydrogens is 224 g/mol. The van der Waals surface area contributed by atoms with Gasteiger partial charge in [0, 0.05) is 4.75 Å². The second kappa shape index (κ2) is 9.58. The van der Waals surface area contributed by atoms with Gasteiger partial charge in [0.1, 0.15) is 0 Å². The minimum Gasteiger partial charge on any atom is -0.128 e. The van der Waals surface area contributed by atoms with Crippen LogP contribution in [0.3, 0.4) is 0 Å². The van der Waals surface area contributed by atoms with Crippen molar-refractivity contribution in [3.8, 4) is 0 Å². The fourth-order valence-corrected chi connectivity index (χ4v) is 1.55. The van der Waals surface area contributed by atoms with Crippen molar-refractivity contribution < 1.29 is 0 Å². The fraction of sp³-hybridized carbons (Fsp3) is 0.625. The zero-order valence-corrected chi connectivity index (χ0v) is 13.7. The van der Waals surface area contributed by atoms with E-state index in [0.717, 1.165) is 0 Å². The lowest BCUT2D eigenvalue weighted by Crippen LogP contribution is -2.05. The topological polar surface area (TPSA) is 0 Å². The Bertz CT molecular complexity index is 234. The Hall–Kier alpha value is -0.430. The second-order valence-electron chi connectivity index (χ2n) is 5.95. The average Bonchev–Trinajstić information content (AvgIpc) is 2.11. The van der Waals surface area contributed by atoms with Crippen molar-refractivity contribution in [3.63, 3.8) is 0 Å². The standard InChI is InChI=1S/C10H20S.C6H10/c1-9(2,3)7-8-11-10(4,5)6;1-3-5-6-4-2/h7-8H,1-6H3;3-6H,1-2H3/b8-7-;5-3-,6-4-. The number of hydrogen-bond donors (Lipinski definition) is 0. The monoisotopic (exact) mass is 254 g/mol.